The van der Waals surface area contributed by atoms with Crippen molar-refractivity contribution >= 4 is 11.5 Å². The number of non-ortho nitro benzene ring substituents is 1. The van der Waals surface area contributed by atoms with Gasteiger partial charge in [0.25, 0.3) is 5.69 Å². The van der Waals surface area contributed by atoms with Gasteiger partial charge in [-0.15, -0.1) is 0 Å². The van der Waals surface area contributed by atoms with Crippen molar-refractivity contribution < 1.29 is 30.1 Å². The number of Topliss-reactive ketones (excluding diaryl/α,β-unsaturated/α-hetero) is 1. The molecule has 8 heteroatoms. The fourth-order valence-corrected chi connectivity index (χ4v) is 4.09. The second-order valence-corrected chi connectivity index (χ2v) is 7.60. The van der Waals surface area contributed by atoms with Gasteiger partial charge in [-0.25, -0.2) is 0 Å². The van der Waals surface area contributed by atoms with Crippen LogP contribution in [0.15, 0.2) is 48.5 Å². The Kier molecular flexibility index (Phi) is 4.98. The number of nitro benzene ring substituents is 1. The van der Waals surface area contributed by atoms with Crippen LogP contribution in [0.4, 0.5) is 5.69 Å². The summed E-state index contributed by atoms with van der Waals surface area (Å²) in [5.74, 6) is -2.42. The summed E-state index contributed by atoms with van der Waals surface area (Å²) in [5, 5.41) is 51.5. The van der Waals surface area contributed by atoms with E-state index in [4.69, 9.17) is 0 Å². The van der Waals surface area contributed by atoms with Gasteiger partial charge in [-0.2, -0.15) is 0 Å². The molecule has 4 rings (SSSR count). The first-order chi connectivity index (χ1) is 14.8. The topological polar surface area (TPSA) is 141 Å². The Morgan fingerprint density at radius 2 is 1.52 bits per heavy atom. The summed E-state index contributed by atoms with van der Waals surface area (Å²) < 4.78 is 0. The Bertz CT molecular complexity index is 1180. The predicted octanol–water partition coefficient (Wildman–Crippen LogP) is 3.92. The Balaban J connectivity index is 1.78. The third-order valence-electron chi connectivity index (χ3n) is 5.69. The van der Waals surface area contributed by atoms with E-state index >= 15 is 0 Å². The molecule has 3 aromatic carbocycles. The highest BCUT2D eigenvalue weighted by Gasteiger charge is 2.34. The first-order valence-electron chi connectivity index (χ1n) is 9.60. The van der Waals surface area contributed by atoms with Gasteiger partial charge >= 0.3 is 0 Å². The number of nitrogens with zero attached hydrogens (tertiary/aromatic N) is 1. The highest BCUT2D eigenvalue weighted by atomic mass is 16.6. The lowest BCUT2D eigenvalue weighted by atomic mass is 9.76. The molecule has 0 aromatic heterocycles. The summed E-state index contributed by atoms with van der Waals surface area (Å²) in [7, 11) is 0. The van der Waals surface area contributed by atoms with Gasteiger partial charge in [0.15, 0.2) is 17.3 Å². The van der Waals surface area contributed by atoms with E-state index in [1.54, 1.807) is 12.1 Å². The molecule has 0 spiro atoms. The van der Waals surface area contributed by atoms with Gasteiger partial charge < -0.3 is 20.4 Å². The minimum Gasteiger partial charge on any atom is -0.508 e. The van der Waals surface area contributed by atoms with Crippen LogP contribution in [0, 0.1) is 10.1 Å². The van der Waals surface area contributed by atoms with Gasteiger partial charge in [0.2, 0.25) is 5.75 Å². The Hall–Kier alpha value is -4.07. The van der Waals surface area contributed by atoms with Crippen molar-refractivity contribution in [3.05, 3.63) is 86.5 Å². The molecule has 0 fully saturated rings. The van der Waals surface area contributed by atoms with Gasteiger partial charge in [-0.1, -0.05) is 24.3 Å². The molecule has 1 atom stereocenters. The Morgan fingerprint density at radius 3 is 2.13 bits per heavy atom. The molecule has 0 aliphatic heterocycles. The summed E-state index contributed by atoms with van der Waals surface area (Å²) >= 11 is 0. The average molecular weight is 421 g/mol. The largest absolute Gasteiger partial charge is 0.508 e. The molecule has 0 heterocycles. The molecule has 4 N–H and O–H groups in total. The Labute approximate surface area is 176 Å². The quantitative estimate of drug-likeness (QED) is 0.284. The van der Waals surface area contributed by atoms with Gasteiger partial charge in [0.1, 0.15) is 5.75 Å². The number of hydrogen-bond donors (Lipinski definition) is 4. The summed E-state index contributed by atoms with van der Waals surface area (Å²) in [6.45, 7) is 0. The second-order valence-electron chi connectivity index (χ2n) is 7.60. The van der Waals surface area contributed by atoms with Crippen LogP contribution >= 0.6 is 0 Å². The fraction of sp³-hybridized carbons (Fsp3) is 0.174. The molecule has 0 saturated carbocycles. The molecule has 1 unspecified atom stereocenters. The third kappa shape index (κ3) is 3.63. The molecular formula is C23H19NO7. The van der Waals surface area contributed by atoms with E-state index in [0.717, 1.165) is 5.56 Å². The number of nitro groups is 1. The van der Waals surface area contributed by atoms with E-state index in [9.17, 15) is 35.3 Å². The van der Waals surface area contributed by atoms with E-state index in [1.807, 2.05) is 0 Å². The number of fused-ring (bicyclic) bond motifs is 1. The van der Waals surface area contributed by atoms with Crippen LogP contribution in [-0.2, 0) is 12.8 Å². The summed E-state index contributed by atoms with van der Waals surface area (Å²) in [6.07, 6.45) is 0.539. The number of phenols is 4. The number of carbonyl (C=O) groups is 1. The van der Waals surface area contributed by atoms with Gasteiger partial charge in [0.05, 0.1) is 10.5 Å². The van der Waals surface area contributed by atoms with Crippen LogP contribution in [0.2, 0.25) is 0 Å². The maximum absolute atomic E-state index is 12.9. The monoisotopic (exact) mass is 421 g/mol. The maximum Gasteiger partial charge on any atom is 0.269 e. The number of aromatic hydroxyl groups is 4. The van der Waals surface area contributed by atoms with Crippen LogP contribution < -0.4 is 0 Å². The minimum atomic E-state index is -0.757. The smallest absolute Gasteiger partial charge is 0.269 e. The van der Waals surface area contributed by atoms with E-state index in [-0.39, 0.29) is 47.1 Å². The average Bonchev–Trinajstić information content (AvgIpc) is 2.75. The van der Waals surface area contributed by atoms with Crippen molar-refractivity contribution in [3.8, 4) is 23.0 Å². The molecule has 1 aliphatic carbocycles. The lowest BCUT2D eigenvalue weighted by Crippen LogP contribution is -2.21. The lowest BCUT2D eigenvalue weighted by molar-refractivity contribution is -0.384. The number of rotatable bonds is 4. The van der Waals surface area contributed by atoms with E-state index in [1.165, 1.54) is 36.4 Å². The fourth-order valence-electron chi connectivity index (χ4n) is 4.09. The van der Waals surface area contributed by atoms with Crippen molar-refractivity contribution in [2.24, 2.45) is 0 Å². The normalized spacial score (nSPS) is 15.5. The number of hydrogen-bond acceptors (Lipinski definition) is 7. The molecular weight excluding hydrogens is 402 g/mol. The SMILES string of the molecule is O=C1CC(c2ccc(O)cc2)Cc2c(Cc3ccc([N+](=O)[O-])cc3)c(O)c(O)c(O)c21. The lowest BCUT2D eigenvalue weighted by Gasteiger charge is -2.28. The molecule has 0 bridgehead atoms. The zero-order valence-electron chi connectivity index (χ0n) is 16.3. The van der Waals surface area contributed by atoms with E-state index < -0.39 is 22.2 Å². The van der Waals surface area contributed by atoms with Crippen LogP contribution in [0.5, 0.6) is 23.0 Å². The highest BCUT2D eigenvalue weighted by Crippen LogP contribution is 2.48. The van der Waals surface area contributed by atoms with Gasteiger partial charge in [-0.3, -0.25) is 14.9 Å². The number of ketones is 1. The molecule has 1 aliphatic rings. The molecule has 0 saturated heterocycles. The van der Waals surface area contributed by atoms with Gasteiger partial charge in [-0.05, 0) is 41.2 Å². The van der Waals surface area contributed by atoms with Crippen molar-refractivity contribution in [1.82, 2.24) is 0 Å². The van der Waals surface area contributed by atoms with Crippen LogP contribution in [0.25, 0.3) is 0 Å². The summed E-state index contributed by atoms with van der Waals surface area (Å²) in [6, 6.07) is 12.2. The van der Waals surface area contributed by atoms with E-state index in [0.29, 0.717) is 17.5 Å². The number of carbonyl (C=O) groups excluding carboxylic acids is 1. The molecule has 0 radical (unpaired) electrons. The molecule has 31 heavy (non-hydrogen) atoms. The van der Waals surface area contributed by atoms with Crippen LogP contribution in [0.1, 0.15) is 45.0 Å². The van der Waals surface area contributed by atoms with Crippen molar-refractivity contribution in [2.45, 2.75) is 25.2 Å². The van der Waals surface area contributed by atoms with Crippen molar-refractivity contribution in [1.29, 1.82) is 0 Å². The van der Waals surface area contributed by atoms with Crippen LogP contribution in [-0.4, -0.2) is 31.1 Å². The van der Waals surface area contributed by atoms with E-state index in [2.05, 4.69) is 0 Å². The molecule has 0 amide bonds. The zero-order valence-corrected chi connectivity index (χ0v) is 16.3. The minimum absolute atomic E-state index is 0.0118. The highest BCUT2D eigenvalue weighted by molar-refractivity contribution is 6.03. The molecule has 8 nitrogen and oxygen atoms in total. The first-order valence-corrected chi connectivity index (χ1v) is 9.60. The number of benzene rings is 3. The maximum atomic E-state index is 12.9. The van der Waals surface area contributed by atoms with Crippen molar-refractivity contribution in [2.75, 3.05) is 0 Å². The third-order valence-corrected chi connectivity index (χ3v) is 5.69. The predicted molar refractivity (Wildman–Crippen MR) is 111 cm³/mol. The summed E-state index contributed by atoms with van der Waals surface area (Å²) in [4.78, 5) is 23.2. The standard InChI is InChI=1S/C23H19NO7/c25-16-7-3-13(4-8-16)14-10-17-18(9-12-1-5-15(6-2-12)24(30)31)21(27)23(29)22(28)20(17)19(26)11-14/h1-8,14,25,27-29H,9-11H2. The molecule has 158 valence electrons. The summed E-state index contributed by atoms with van der Waals surface area (Å²) in [5.41, 5.74) is 2.09. The van der Waals surface area contributed by atoms with Crippen molar-refractivity contribution in [3.63, 3.8) is 0 Å². The second kappa shape index (κ2) is 7.64. The van der Waals surface area contributed by atoms with Gasteiger partial charge in [0, 0.05) is 30.5 Å². The van der Waals surface area contributed by atoms with Crippen LogP contribution in [0.3, 0.4) is 0 Å². The first kappa shape index (κ1) is 20.2. The Morgan fingerprint density at radius 1 is 0.871 bits per heavy atom. The number of phenolic OH excluding ortho intramolecular Hbond substituents is 4. The zero-order chi connectivity index (χ0) is 22.3. The molecule has 3 aromatic rings.